The quantitative estimate of drug-likeness (QED) is 0.242. The van der Waals surface area contributed by atoms with Gasteiger partial charge in [0.2, 0.25) is 0 Å². The first-order chi connectivity index (χ1) is 11.7. The fraction of sp³-hybridized carbons (Fsp3) is 0.625. The molecule has 8 nitrogen and oxygen atoms in total. The third-order valence-corrected chi connectivity index (χ3v) is 4.18. The van der Waals surface area contributed by atoms with E-state index in [2.05, 4.69) is 49.9 Å². The monoisotopic (exact) mass is 460 g/mol. The van der Waals surface area contributed by atoms with Crippen molar-refractivity contribution in [2.45, 2.75) is 26.7 Å². The number of hydrogen-bond acceptors (Lipinski definition) is 5. The van der Waals surface area contributed by atoms with E-state index in [0.29, 0.717) is 5.92 Å². The Labute approximate surface area is 166 Å². The zero-order valence-electron chi connectivity index (χ0n) is 15.4. The smallest absolute Gasteiger partial charge is 0.191 e. The minimum Gasteiger partial charge on any atom is -0.368 e. The fourth-order valence-electron chi connectivity index (χ4n) is 2.50. The van der Waals surface area contributed by atoms with Crippen LogP contribution in [0.3, 0.4) is 0 Å². The summed E-state index contributed by atoms with van der Waals surface area (Å²) >= 11 is 0. The molecule has 0 atom stereocenters. The lowest BCUT2D eigenvalue weighted by Crippen LogP contribution is -2.41. The van der Waals surface area contributed by atoms with Crippen LogP contribution in [-0.2, 0) is 7.05 Å². The molecule has 140 valence electrons. The fourth-order valence-corrected chi connectivity index (χ4v) is 2.50. The van der Waals surface area contributed by atoms with E-state index in [1.54, 1.807) is 24.3 Å². The Morgan fingerprint density at radius 3 is 2.64 bits per heavy atom. The first kappa shape index (κ1) is 21.4. The van der Waals surface area contributed by atoms with Crippen molar-refractivity contribution in [2.75, 3.05) is 32.0 Å². The predicted molar refractivity (Wildman–Crippen MR) is 114 cm³/mol. The topological polar surface area (TPSA) is 92.1 Å². The summed E-state index contributed by atoms with van der Waals surface area (Å²) in [5.74, 6) is 2.31. The van der Waals surface area contributed by atoms with E-state index >= 15 is 0 Å². The minimum atomic E-state index is 0. The van der Waals surface area contributed by atoms with Gasteiger partial charge in [-0.05, 0) is 5.92 Å². The van der Waals surface area contributed by atoms with E-state index in [4.69, 9.17) is 0 Å². The molecule has 3 N–H and O–H groups in total. The van der Waals surface area contributed by atoms with E-state index in [1.807, 2.05) is 7.05 Å². The molecule has 2 heterocycles. The lowest BCUT2D eigenvalue weighted by atomic mass is 10.0. The van der Waals surface area contributed by atoms with Crippen LogP contribution in [-0.4, -0.2) is 52.4 Å². The Kier molecular flexibility index (Phi) is 9.46. The van der Waals surface area contributed by atoms with Gasteiger partial charge in [-0.15, -0.1) is 24.0 Å². The van der Waals surface area contributed by atoms with Gasteiger partial charge in [-0.2, -0.15) is 5.10 Å². The van der Waals surface area contributed by atoms with Crippen LogP contribution in [0.2, 0.25) is 0 Å². The van der Waals surface area contributed by atoms with Crippen molar-refractivity contribution >= 4 is 46.8 Å². The number of aliphatic imine (C=N–C) groups is 1. The van der Waals surface area contributed by atoms with Crippen LogP contribution in [0, 0.1) is 5.92 Å². The van der Waals surface area contributed by atoms with Gasteiger partial charge in [0.15, 0.2) is 11.6 Å². The number of nitrogens with one attached hydrogen (secondary N) is 3. The van der Waals surface area contributed by atoms with E-state index in [1.165, 1.54) is 12.8 Å². The molecule has 0 spiro atoms. The molecule has 0 unspecified atom stereocenters. The number of aryl methyl sites for hydroxylation is 1. The largest absolute Gasteiger partial charge is 0.368 e. The summed E-state index contributed by atoms with van der Waals surface area (Å²) in [5.41, 5.74) is 0.822. The second kappa shape index (κ2) is 11.1. The van der Waals surface area contributed by atoms with Crippen LogP contribution in [0.5, 0.6) is 0 Å². The van der Waals surface area contributed by atoms with Gasteiger partial charge in [0.05, 0.1) is 11.6 Å². The molecule has 0 aliphatic carbocycles. The Morgan fingerprint density at radius 2 is 1.96 bits per heavy atom. The standard InChI is InChI=1S/C16H28N8.HI/c1-5-12(6-2)9-20-16(17-3)19-8-7-18-14-13-10-23-24(4)15(13)22-11-21-14;/h10-12H,5-9H2,1-4H3,(H2,17,19,20)(H,18,21,22);1H. The molecule has 9 heteroatoms. The zero-order valence-corrected chi connectivity index (χ0v) is 17.7. The highest BCUT2D eigenvalue weighted by molar-refractivity contribution is 14.0. The SMILES string of the molecule is CCC(CC)CNC(=NC)NCCNc1ncnc2c1cnn2C.I. The molecule has 2 aromatic rings. The molecular formula is C16H29IN8. The predicted octanol–water partition coefficient (Wildman–Crippen LogP) is 1.99. The summed E-state index contributed by atoms with van der Waals surface area (Å²) in [4.78, 5) is 12.8. The number of nitrogens with zero attached hydrogens (tertiary/aromatic N) is 5. The molecule has 2 aromatic heterocycles. The number of aromatic nitrogens is 4. The van der Waals surface area contributed by atoms with Crippen molar-refractivity contribution in [3.05, 3.63) is 12.5 Å². The third-order valence-electron chi connectivity index (χ3n) is 4.18. The molecule has 2 rings (SSSR count). The molecule has 0 saturated heterocycles. The summed E-state index contributed by atoms with van der Waals surface area (Å²) in [6, 6.07) is 0. The Balaban J connectivity index is 0.00000312. The van der Waals surface area contributed by atoms with E-state index in [0.717, 1.165) is 42.4 Å². The number of anilines is 1. The van der Waals surface area contributed by atoms with E-state index in [9.17, 15) is 0 Å². The zero-order chi connectivity index (χ0) is 17.4. The maximum atomic E-state index is 4.29. The Bertz CT molecular complexity index is 665. The average molecular weight is 460 g/mol. The molecule has 0 aromatic carbocycles. The number of rotatable bonds is 8. The van der Waals surface area contributed by atoms with Crippen LogP contribution >= 0.6 is 24.0 Å². The summed E-state index contributed by atoms with van der Waals surface area (Å²) in [6.07, 6.45) is 5.69. The first-order valence-electron chi connectivity index (χ1n) is 8.50. The molecule has 0 aliphatic heterocycles. The van der Waals surface area contributed by atoms with Crippen molar-refractivity contribution in [3.63, 3.8) is 0 Å². The van der Waals surface area contributed by atoms with Gasteiger partial charge in [0, 0.05) is 33.7 Å². The van der Waals surface area contributed by atoms with Gasteiger partial charge in [-0.25, -0.2) is 9.97 Å². The van der Waals surface area contributed by atoms with Crippen molar-refractivity contribution in [2.24, 2.45) is 18.0 Å². The second-order valence-electron chi connectivity index (χ2n) is 5.72. The van der Waals surface area contributed by atoms with Gasteiger partial charge in [-0.1, -0.05) is 26.7 Å². The van der Waals surface area contributed by atoms with Crippen LogP contribution in [0.1, 0.15) is 26.7 Å². The lowest BCUT2D eigenvalue weighted by molar-refractivity contribution is 0.481. The summed E-state index contributed by atoms with van der Waals surface area (Å²) in [7, 11) is 3.66. The van der Waals surface area contributed by atoms with Crippen molar-refractivity contribution in [1.82, 2.24) is 30.4 Å². The summed E-state index contributed by atoms with van der Waals surface area (Å²) in [5, 5.41) is 15.1. The van der Waals surface area contributed by atoms with Crippen molar-refractivity contribution in [3.8, 4) is 0 Å². The van der Waals surface area contributed by atoms with Crippen LogP contribution < -0.4 is 16.0 Å². The Morgan fingerprint density at radius 1 is 1.20 bits per heavy atom. The normalized spacial score (nSPS) is 11.5. The van der Waals surface area contributed by atoms with Crippen molar-refractivity contribution in [1.29, 1.82) is 0 Å². The summed E-state index contributed by atoms with van der Waals surface area (Å²) in [6.45, 7) is 6.86. The molecule has 0 fully saturated rings. The number of guanidine groups is 1. The molecule has 0 radical (unpaired) electrons. The first-order valence-corrected chi connectivity index (χ1v) is 8.50. The van der Waals surface area contributed by atoms with Gasteiger partial charge >= 0.3 is 0 Å². The molecular weight excluding hydrogens is 431 g/mol. The molecule has 25 heavy (non-hydrogen) atoms. The molecule has 0 amide bonds. The maximum absolute atomic E-state index is 4.29. The highest BCUT2D eigenvalue weighted by Crippen LogP contribution is 2.16. The lowest BCUT2D eigenvalue weighted by Gasteiger charge is -2.17. The van der Waals surface area contributed by atoms with Gasteiger partial charge in [-0.3, -0.25) is 9.67 Å². The molecule has 0 bridgehead atoms. The van der Waals surface area contributed by atoms with E-state index in [-0.39, 0.29) is 24.0 Å². The minimum absolute atomic E-state index is 0. The van der Waals surface area contributed by atoms with Gasteiger partial charge in [0.1, 0.15) is 12.1 Å². The van der Waals surface area contributed by atoms with E-state index < -0.39 is 0 Å². The van der Waals surface area contributed by atoms with Crippen LogP contribution in [0.15, 0.2) is 17.5 Å². The van der Waals surface area contributed by atoms with Crippen LogP contribution in [0.4, 0.5) is 5.82 Å². The average Bonchev–Trinajstić information content (AvgIpc) is 2.99. The maximum Gasteiger partial charge on any atom is 0.191 e. The highest BCUT2D eigenvalue weighted by Gasteiger charge is 2.07. The molecule has 0 aliphatic rings. The second-order valence-corrected chi connectivity index (χ2v) is 5.72. The third kappa shape index (κ3) is 5.98. The summed E-state index contributed by atoms with van der Waals surface area (Å²) < 4.78 is 1.74. The Hall–Kier alpha value is -1.65. The van der Waals surface area contributed by atoms with Gasteiger partial charge in [0.25, 0.3) is 0 Å². The van der Waals surface area contributed by atoms with Crippen molar-refractivity contribution < 1.29 is 0 Å². The molecule has 0 saturated carbocycles. The number of fused-ring (bicyclic) bond motifs is 1. The van der Waals surface area contributed by atoms with Crippen LogP contribution in [0.25, 0.3) is 11.0 Å². The number of halogens is 1. The highest BCUT2D eigenvalue weighted by atomic mass is 127. The van der Waals surface area contributed by atoms with Gasteiger partial charge < -0.3 is 16.0 Å². The number of hydrogen-bond donors (Lipinski definition) is 3.